The Labute approximate surface area is 421 Å². The minimum Gasteiger partial charge on any atom is -0.310 e. The third kappa shape index (κ3) is 6.15. The first-order valence-electron chi connectivity index (χ1n) is 25.3. The summed E-state index contributed by atoms with van der Waals surface area (Å²) in [5.41, 5.74) is 19.3. The van der Waals surface area contributed by atoms with Crippen LogP contribution in [0.15, 0.2) is 243 Å². The van der Waals surface area contributed by atoms with Gasteiger partial charge < -0.3 is 9.80 Å². The third-order valence-corrected chi connectivity index (χ3v) is 16.2. The van der Waals surface area contributed by atoms with Crippen LogP contribution in [0.1, 0.15) is 49.9 Å². The lowest BCUT2D eigenvalue weighted by Gasteiger charge is -2.42. The number of anilines is 6. The van der Waals surface area contributed by atoms with E-state index in [1.54, 1.807) is 0 Å². The minimum absolute atomic E-state index is 0.174. The van der Waals surface area contributed by atoms with E-state index in [0.29, 0.717) is 0 Å². The van der Waals surface area contributed by atoms with Crippen LogP contribution < -0.4 is 9.80 Å². The molecule has 0 unspecified atom stereocenters. The largest absolute Gasteiger partial charge is 0.310 e. The SMILES string of the molecule is CC1(C)c2ccccc2N(c2ccc3c(-c4cccc5ccccc45)c4cc(N5c6ccccc6C(C)(C)c6ccccc65)ccc4c(-c4ccccc4-c4cccc5ccccc45)c3c2)c2ccccc21. The molecule has 0 N–H and O–H groups in total. The number of benzene rings is 12. The van der Waals surface area contributed by atoms with Crippen molar-refractivity contribution in [3.8, 4) is 33.4 Å². The standard InChI is InChI=1S/C70H52N2/c1-69(2)59-31-11-15-35-63(59)71(64-36-16-12-32-60(64)69)47-40-42-56-57(43-47)67(53-30-20-24-46-22-6-8-26-50(46)53)55-41-39-48(72-65-37-17-13-33-61(65)70(3,4)62-34-14-18-38-66(62)72)44-58(55)68(56)54-28-10-9-27-52(54)51-29-19-23-45-21-5-7-25-49(45)51/h5-44H,1-4H3. The number of fused-ring (bicyclic) bond motifs is 8. The zero-order chi connectivity index (χ0) is 48.3. The van der Waals surface area contributed by atoms with E-state index < -0.39 is 0 Å². The topological polar surface area (TPSA) is 6.48 Å². The second-order valence-corrected chi connectivity index (χ2v) is 20.8. The van der Waals surface area contributed by atoms with Gasteiger partial charge in [-0.3, -0.25) is 0 Å². The Morgan fingerprint density at radius 3 is 1.06 bits per heavy atom. The summed E-state index contributed by atoms with van der Waals surface area (Å²) in [6.07, 6.45) is 0. The molecule has 0 amide bonds. The van der Waals surface area contributed by atoms with Gasteiger partial charge >= 0.3 is 0 Å². The Hall–Kier alpha value is -8.72. The van der Waals surface area contributed by atoms with Gasteiger partial charge in [-0.25, -0.2) is 0 Å². The number of nitrogens with zero attached hydrogens (tertiary/aromatic N) is 2. The molecular formula is C70H52N2. The lowest BCUT2D eigenvalue weighted by Crippen LogP contribution is -2.30. The van der Waals surface area contributed by atoms with Crippen molar-refractivity contribution in [3.05, 3.63) is 265 Å². The van der Waals surface area contributed by atoms with Gasteiger partial charge in [0.2, 0.25) is 0 Å². The molecule has 0 spiro atoms. The van der Waals surface area contributed by atoms with E-state index in [0.717, 1.165) is 11.4 Å². The molecule has 2 nitrogen and oxygen atoms in total. The molecule has 2 heterocycles. The number of rotatable bonds is 5. The molecule has 14 rings (SSSR count). The molecule has 2 heteroatoms. The first-order chi connectivity index (χ1) is 35.3. The summed E-state index contributed by atoms with van der Waals surface area (Å²) in [4.78, 5) is 5.01. The van der Waals surface area contributed by atoms with Crippen LogP contribution in [-0.2, 0) is 10.8 Å². The maximum Gasteiger partial charge on any atom is 0.0502 e. The highest BCUT2D eigenvalue weighted by Gasteiger charge is 2.38. The maximum atomic E-state index is 2.51. The highest BCUT2D eigenvalue weighted by atomic mass is 15.2. The minimum atomic E-state index is -0.177. The Kier molecular flexibility index (Phi) is 9.32. The fraction of sp³-hybridized carbons (Fsp3) is 0.0857. The van der Waals surface area contributed by atoms with E-state index >= 15 is 0 Å². The van der Waals surface area contributed by atoms with Crippen molar-refractivity contribution in [2.24, 2.45) is 0 Å². The van der Waals surface area contributed by atoms with Crippen LogP contribution in [0, 0.1) is 0 Å². The van der Waals surface area contributed by atoms with E-state index in [1.165, 1.54) is 121 Å². The second kappa shape index (κ2) is 15.9. The molecule has 12 aromatic rings. The predicted molar refractivity (Wildman–Crippen MR) is 306 cm³/mol. The van der Waals surface area contributed by atoms with E-state index in [9.17, 15) is 0 Å². The fourth-order valence-electron chi connectivity index (χ4n) is 12.8. The zero-order valence-corrected chi connectivity index (χ0v) is 41.0. The van der Waals surface area contributed by atoms with E-state index in [4.69, 9.17) is 0 Å². The molecular weight excluding hydrogens is 869 g/mol. The highest BCUT2D eigenvalue weighted by Crippen LogP contribution is 2.56. The Morgan fingerprint density at radius 1 is 0.250 bits per heavy atom. The molecule has 0 aliphatic carbocycles. The monoisotopic (exact) mass is 920 g/mol. The molecule has 0 bridgehead atoms. The van der Waals surface area contributed by atoms with Gasteiger partial charge in [-0.1, -0.05) is 222 Å². The summed E-state index contributed by atoms with van der Waals surface area (Å²) in [7, 11) is 0. The average molecular weight is 921 g/mol. The fourth-order valence-corrected chi connectivity index (χ4v) is 12.8. The van der Waals surface area contributed by atoms with Crippen molar-refractivity contribution in [2.45, 2.75) is 38.5 Å². The normalized spacial score (nSPS) is 14.3. The quantitative estimate of drug-likeness (QED) is 0.159. The first kappa shape index (κ1) is 42.2. The number of para-hydroxylation sites is 4. The summed E-state index contributed by atoms with van der Waals surface area (Å²) in [6.45, 7) is 9.46. The molecule has 342 valence electrons. The Bertz CT molecular complexity index is 4080. The highest BCUT2D eigenvalue weighted by molar-refractivity contribution is 6.26. The van der Waals surface area contributed by atoms with Gasteiger partial charge in [-0.15, -0.1) is 0 Å². The van der Waals surface area contributed by atoms with Crippen LogP contribution in [0.2, 0.25) is 0 Å². The Morgan fingerprint density at radius 2 is 0.583 bits per heavy atom. The lowest BCUT2D eigenvalue weighted by atomic mass is 9.73. The molecule has 0 saturated heterocycles. The molecule has 12 aromatic carbocycles. The van der Waals surface area contributed by atoms with Gasteiger partial charge in [0.15, 0.2) is 0 Å². The molecule has 2 aliphatic heterocycles. The Balaban J connectivity index is 1.14. The smallest absolute Gasteiger partial charge is 0.0502 e. The van der Waals surface area contributed by atoms with Gasteiger partial charge in [0, 0.05) is 22.2 Å². The second-order valence-electron chi connectivity index (χ2n) is 20.8. The number of hydrogen-bond acceptors (Lipinski definition) is 2. The van der Waals surface area contributed by atoms with Crippen LogP contribution in [0.4, 0.5) is 34.1 Å². The number of hydrogen-bond donors (Lipinski definition) is 0. The summed E-state index contributed by atoms with van der Waals surface area (Å²) < 4.78 is 0. The van der Waals surface area contributed by atoms with E-state index in [1.807, 2.05) is 0 Å². The molecule has 0 saturated carbocycles. The first-order valence-corrected chi connectivity index (χ1v) is 25.3. The molecule has 0 atom stereocenters. The van der Waals surface area contributed by atoms with E-state index in [2.05, 4.69) is 280 Å². The molecule has 0 aromatic heterocycles. The lowest BCUT2D eigenvalue weighted by molar-refractivity contribution is 0.632. The van der Waals surface area contributed by atoms with Gasteiger partial charge in [0.25, 0.3) is 0 Å². The predicted octanol–water partition coefficient (Wildman–Crippen LogP) is 19.5. The average Bonchev–Trinajstić information content (AvgIpc) is 3.42. The molecule has 0 radical (unpaired) electrons. The van der Waals surface area contributed by atoms with Crippen molar-refractivity contribution >= 4 is 77.2 Å². The van der Waals surface area contributed by atoms with Crippen molar-refractivity contribution in [2.75, 3.05) is 9.80 Å². The summed E-state index contributed by atoms with van der Waals surface area (Å²) in [6, 6.07) is 90.9. The summed E-state index contributed by atoms with van der Waals surface area (Å²) in [5, 5.41) is 9.76. The molecule has 0 fully saturated rings. The van der Waals surface area contributed by atoms with Crippen LogP contribution >= 0.6 is 0 Å². The van der Waals surface area contributed by atoms with Crippen LogP contribution in [0.5, 0.6) is 0 Å². The van der Waals surface area contributed by atoms with Gasteiger partial charge in [-0.05, 0) is 147 Å². The van der Waals surface area contributed by atoms with Crippen molar-refractivity contribution < 1.29 is 0 Å². The maximum absolute atomic E-state index is 2.51. The molecule has 2 aliphatic rings. The summed E-state index contributed by atoms with van der Waals surface area (Å²) >= 11 is 0. The van der Waals surface area contributed by atoms with Crippen LogP contribution in [-0.4, -0.2) is 0 Å². The van der Waals surface area contributed by atoms with Crippen LogP contribution in [0.3, 0.4) is 0 Å². The van der Waals surface area contributed by atoms with Crippen molar-refractivity contribution in [1.82, 2.24) is 0 Å². The third-order valence-electron chi connectivity index (χ3n) is 16.2. The summed E-state index contributed by atoms with van der Waals surface area (Å²) in [5.74, 6) is 0. The molecule has 72 heavy (non-hydrogen) atoms. The van der Waals surface area contributed by atoms with Gasteiger partial charge in [0.05, 0.1) is 22.7 Å². The van der Waals surface area contributed by atoms with Crippen molar-refractivity contribution in [1.29, 1.82) is 0 Å². The van der Waals surface area contributed by atoms with Gasteiger partial charge in [0.1, 0.15) is 0 Å². The van der Waals surface area contributed by atoms with Crippen molar-refractivity contribution in [3.63, 3.8) is 0 Å². The van der Waals surface area contributed by atoms with Crippen LogP contribution in [0.25, 0.3) is 76.5 Å². The van der Waals surface area contributed by atoms with Gasteiger partial charge in [-0.2, -0.15) is 0 Å². The van der Waals surface area contributed by atoms with E-state index in [-0.39, 0.29) is 10.8 Å². The zero-order valence-electron chi connectivity index (χ0n) is 41.0.